The van der Waals surface area contributed by atoms with Gasteiger partial charge in [-0.15, -0.1) is 0 Å². The van der Waals surface area contributed by atoms with E-state index in [4.69, 9.17) is 10.9 Å². The first-order chi connectivity index (χ1) is 6.62. The lowest BCUT2D eigenvalue weighted by atomic mass is 9.87. The van der Waals surface area contributed by atoms with Gasteiger partial charge in [0.2, 0.25) is 10.0 Å². The van der Waals surface area contributed by atoms with Gasteiger partial charge in [-0.1, -0.05) is 26.8 Å². The van der Waals surface area contributed by atoms with Crippen LogP contribution < -0.4 is 10.9 Å². The maximum Gasteiger partial charge on any atom is 0.238 e. The van der Waals surface area contributed by atoms with Crippen LogP contribution in [0.1, 0.15) is 26.3 Å². The van der Waals surface area contributed by atoms with Crippen molar-refractivity contribution < 1.29 is 8.42 Å². The van der Waals surface area contributed by atoms with Gasteiger partial charge in [-0.25, -0.2) is 13.6 Å². The van der Waals surface area contributed by atoms with Gasteiger partial charge in [-0.05, 0) is 23.1 Å². The molecule has 0 radical (unpaired) electrons. The Hall–Kier alpha value is -1.07. The Morgan fingerprint density at radius 2 is 1.73 bits per heavy atom. The van der Waals surface area contributed by atoms with Crippen LogP contribution in [0.4, 0.5) is 5.69 Å². The third-order valence-electron chi connectivity index (χ3n) is 2.12. The molecule has 84 valence electrons. The first-order valence-corrected chi connectivity index (χ1v) is 6.10. The molecular weight excluding hydrogens is 212 g/mol. The van der Waals surface area contributed by atoms with Gasteiger partial charge in [-0.3, -0.25) is 0 Å². The number of sulfonamides is 1. The number of hydrogen-bond donors (Lipinski definition) is 2. The molecule has 0 aliphatic carbocycles. The van der Waals surface area contributed by atoms with Crippen LogP contribution in [0.2, 0.25) is 0 Å². The summed E-state index contributed by atoms with van der Waals surface area (Å²) in [5.74, 6) is 0. The van der Waals surface area contributed by atoms with Gasteiger partial charge in [0.05, 0.1) is 4.90 Å². The summed E-state index contributed by atoms with van der Waals surface area (Å²) in [7, 11) is -3.72. The number of anilines is 1. The van der Waals surface area contributed by atoms with Crippen molar-refractivity contribution in [3.05, 3.63) is 23.8 Å². The maximum atomic E-state index is 11.4. The van der Waals surface area contributed by atoms with E-state index in [2.05, 4.69) is 0 Å². The molecular formula is C10H16N2O2S. The zero-order chi connectivity index (χ0) is 11.9. The number of hydrogen-bond acceptors (Lipinski definition) is 3. The number of rotatable bonds is 1. The van der Waals surface area contributed by atoms with Gasteiger partial charge in [0.15, 0.2) is 0 Å². The van der Waals surface area contributed by atoms with Gasteiger partial charge in [0.1, 0.15) is 0 Å². The van der Waals surface area contributed by atoms with Crippen LogP contribution in [0.3, 0.4) is 0 Å². The van der Waals surface area contributed by atoms with Crippen LogP contribution in [-0.2, 0) is 15.4 Å². The van der Waals surface area contributed by atoms with E-state index in [9.17, 15) is 8.42 Å². The van der Waals surface area contributed by atoms with Crippen molar-refractivity contribution in [1.82, 2.24) is 0 Å². The molecule has 5 heteroatoms. The summed E-state index contributed by atoms with van der Waals surface area (Å²) in [5.41, 5.74) is 6.34. The van der Waals surface area contributed by atoms with Crippen molar-refractivity contribution in [1.29, 1.82) is 0 Å². The Kier molecular flexibility index (Phi) is 2.80. The quantitative estimate of drug-likeness (QED) is 0.708. The average Bonchev–Trinajstić information content (AvgIpc) is 2.00. The van der Waals surface area contributed by atoms with E-state index in [1.807, 2.05) is 20.8 Å². The summed E-state index contributed by atoms with van der Waals surface area (Å²) in [5, 5.41) is 5.14. The Morgan fingerprint density at radius 3 is 2.13 bits per heavy atom. The summed E-state index contributed by atoms with van der Waals surface area (Å²) in [6.45, 7) is 5.77. The highest BCUT2D eigenvalue weighted by atomic mass is 32.2. The average molecular weight is 228 g/mol. The highest BCUT2D eigenvalue weighted by molar-refractivity contribution is 7.89. The standard InChI is InChI=1S/C10H16N2O2S/c1-10(2,3)8-5-4-7(11)6-9(8)15(12,13)14/h4-6H,11H2,1-3H3,(H2,12,13,14). The molecule has 0 spiro atoms. The van der Waals surface area contributed by atoms with Crippen molar-refractivity contribution in [3.8, 4) is 0 Å². The predicted octanol–water partition coefficient (Wildman–Crippen LogP) is 1.21. The number of benzene rings is 1. The number of nitrogen functional groups attached to an aromatic ring is 1. The number of nitrogens with two attached hydrogens (primary N) is 2. The third kappa shape index (κ3) is 2.70. The second-order valence-corrected chi connectivity index (χ2v) is 6.08. The first-order valence-electron chi connectivity index (χ1n) is 4.55. The minimum Gasteiger partial charge on any atom is -0.399 e. The van der Waals surface area contributed by atoms with Crippen molar-refractivity contribution >= 4 is 15.7 Å². The van der Waals surface area contributed by atoms with Crippen LogP contribution in [0.15, 0.2) is 23.1 Å². The molecule has 0 saturated carbocycles. The van der Waals surface area contributed by atoms with E-state index < -0.39 is 10.0 Å². The molecule has 0 amide bonds. The van der Waals surface area contributed by atoms with E-state index >= 15 is 0 Å². The Labute approximate surface area is 90.3 Å². The van der Waals surface area contributed by atoms with E-state index in [1.165, 1.54) is 6.07 Å². The maximum absolute atomic E-state index is 11.4. The van der Waals surface area contributed by atoms with Crippen molar-refractivity contribution in [2.75, 3.05) is 5.73 Å². The normalized spacial score (nSPS) is 12.8. The molecule has 0 aromatic heterocycles. The van der Waals surface area contributed by atoms with Gasteiger partial charge in [0.25, 0.3) is 0 Å². The van der Waals surface area contributed by atoms with Crippen LogP contribution in [-0.4, -0.2) is 8.42 Å². The molecule has 1 aromatic rings. The van der Waals surface area contributed by atoms with Gasteiger partial charge in [-0.2, -0.15) is 0 Å². The molecule has 0 saturated heterocycles. The van der Waals surface area contributed by atoms with Crippen LogP contribution in [0, 0.1) is 0 Å². The SMILES string of the molecule is CC(C)(C)c1ccc(N)cc1S(N)(=O)=O. The van der Waals surface area contributed by atoms with Crippen molar-refractivity contribution in [3.63, 3.8) is 0 Å². The zero-order valence-corrected chi connectivity index (χ0v) is 9.93. The van der Waals surface area contributed by atoms with Crippen LogP contribution in [0.5, 0.6) is 0 Å². The van der Waals surface area contributed by atoms with Crippen molar-refractivity contribution in [2.24, 2.45) is 5.14 Å². The Morgan fingerprint density at radius 1 is 1.20 bits per heavy atom. The molecule has 0 aliphatic heterocycles. The fraction of sp³-hybridized carbons (Fsp3) is 0.400. The second kappa shape index (κ2) is 3.50. The highest BCUT2D eigenvalue weighted by Gasteiger charge is 2.23. The van der Waals surface area contributed by atoms with E-state index in [0.29, 0.717) is 11.3 Å². The zero-order valence-electron chi connectivity index (χ0n) is 9.11. The minimum absolute atomic E-state index is 0.106. The smallest absolute Gasteiger partial charge is 0.238 e. The van der Waals surface area contributed by atoms with Gasteiger partial charge >= 0.3 is 0 Å². The molecule has 1 aromatic carbocycles. The number of primary sulfonamides is 1. The minimum atomic E-state index is -3.72. The molecule has 1 rings (SSSR count). The predicted molar refractivity (Wildman–Crippen MR) is 60.9 cm³/mol. The van der Waals surface area contributed by atoms with Gasteiger partial charge in [0, 0.05) is 5.69 Å². The van der Waals surface area contributed by atoms with E-state index in [1.54, 1.807) is 12.1 Å². The summed E-state index contributed by atoms with van der Waals surface area (Å²) in [6.07, 6.45) is 0. The lowest BCUT2D eigenvalue weighted by molar-refractivity contribution is 0.562. The van der Waals surface area contributed by atoms with Crippen LogP contribution in [0.25, 0.3) is 0 Å². The third-order valence-corrected chi connectivity index (χ3v) is 3.07. The molecule has 0 atom stereocenters. The summed E-state index contributed by atoms with van der Waals surface area (Å²) < 4.78 is 22.7. The topological polar surface area (TPSA) is 86.2 Å². The van der Waals surface area contributed by atoms with Crippen molar-refractivity contribution in [2.45, 2.75) is 31.1 Å². The Balaban J connectivity index is 3.55. The summed E-state index contributed by atoms with van der Waals surface area (Å²) in [6, 6.07) is 4.78. The highest BCUT2D eigenvalue weighted by Crippen LogP contribution is 2.29. The summed E-state index contributed by atoms with van der Waals surface area (Å²) in [4.78, 5) is 0.106. The Bertz CT molecular complexity index is 473. The molecule has 0 bridgehead atoms. The fourth-order valence-corrected chi connectivity index (χ4v) is 2.38. The molecule has 0 aliphatic rings. The largest absolute Gasteiger partial charge is 0.399 e. The second-order valence-electron chi connectivity index (χ2n) is 4.55. The molecule has 4 nitrogen and oxygen atoms in total. The summed E-state index contributed by atoms with van der Waals surface area (Å²) >= 11 is 0. The lowest BCUT2D eigenvalue weighted by Gasteiger charge is -2.22. The monoisotopic (exact) mass is 228 g/mol. The molecule has 4 N–H and O–H groups in total. The lowest BCUT2D eigenvalue weighted by Crippen LogP contribution is -2.21. The van der Waals surface area contributed by atoms with E-state index in [0.717, 1.165) is 0 Å². The molecule has 0 unspecified atom stereocenters. The molecule has 0 heterocycles. The van der Waals surface area contributed by atoms with Crippen LogP contribution >= 0.6 is 0 Å². The molecule has 0 fully saturated rings. The molecule has 15 heavy (non-hydrogen) atoms. The van der Waals surface area contributed by atoms with Gasteiger partial charge < -0.3 is 5.73 Å². The first kappa shape index (κ1) is 12.0. The fourth-order valence-electron chi connectivity index (χ4n) is 1.39. The van der Waals surface area contributed by atoms with E-state index in [-0.39, 0.29) is 10.3 Å².